The summed E-state index contributed by atoms with van der Waals surface area (Å²) in [6.45, 7) is 3.11. The highest BCUT2D eigenvalue weighted by atomic mass is 79.9. The Hall–Kier alpha value is -0.870. The Morgan fingerprint density at radius 3 is 3.05 bits per heavy atom. The largest absolute Gasteiger partial charge is 0.337 e. The topological polar surface area (TPSA) is 23.6 Å². The summed E-state index contributed by atoms with van der Waals surface area (Å²) in [6.07, 6.45) is 4.01. The number of carbonyl (C=O) groups excluding carboxylic acids is 1. The smallest absolute Gasteiger partial charge is 0.253 e. The van der Waals surface area contributed by atoms with Crippen LogP contribution < -0.4 is 0 Å². The maximum absolute atomic E-state index is 12.6. The molecule has 1 aromatic carbocycles. The first kappa shape index (κ1) is 12.8. The molecule has 1 aromatic rings. The number of carbonyl (C=O) groups is 1. The number of hydrogen-bond donors (Lipinski definition) is 0. The standard InChI is InChI=1S/C16H19BrN2O/c17-13-4-1-3-11(7-13)16(20)18-9-12-8-14-5-2-6-19(14)15(12)10-18/h1,3-4,7,12,14-15H,2,5-6,8-10H2/t12-,14?,15+/m0/s1. The lowest BCUT2D eigenvalue weighted by Gasteiger charge is -2.24. The Kier molecular flexibility index (Phi) is 3.11. The van der Waals surface area contributed by atoms with E-state index in [9.17, 15) is 4.79 Å². The van der Waals surface area contributed by atoms with E-state index in [0.717, 1.165) is 29.2 Å². The van der Waals surface area contributed by atoms with Crippen molar-refractivity contribution in [2.24, 2.45) is 5.92 Å². The van der Waals surface area contributed by atoms with Gasteiger partial charge in [-0.15, -0.1) is 0 Å². The fourth-order valence-electron chi connectivity index (χ4n) is 4.33. The van der Waals surface area contributed by atoms with Gasteiger partial charge in [0.1, 0.15) is 0 Å². The average molecular weight is 335 g/mol. The third-order valence-corrected chi connectivity index (χ3v) is 5.68. The molecule has 4 heteroatoms. The van der Waals surface area contributed by atoms with E-state index in [4.69, 9.17) is 0 Å². The molecule has 106 valence electrons. The minimum atomic E-state index is 0.191. The molecule has 20 heavy (non-hydrogen) atoms. The van der Waals surface area contributed by atoms with Gasteiger partial charge in [-0.2, -0.15) is 0 Å². The van der Waals surface area contributed by atoms with Gasteiger partial charge in [-0.25, -0.2) is 0 Å². The molecule has 0 bridgehead atoms. The minimum absolute atomic E-state index is 0.191. The lowest BCUT2D eigenvalue weighted by molar-refractivity contribution is 0.0768. The van der Waals surface area contributed by atoms with E-state index < -0.39 is 0 Å². The number of amides is 1. The Morgan fingerprint density at radius 1 is 1.30 bits per heavy atom. The number of rotatable bonds is 1. The highest BCUT2D eigenvalue weighted by Crippen LogP contribution is 2.40. The van der Waals surface area contributed by atoms with Crippen LogP contribution in [0.1, 0.15) is 29.6 Å². The molecule has 1 amide bonds. The van der Waals surface area contributed by atoms with Crippen molar-refractivity contribution in [1.82, 2.24) is 9.80 Å². The molecule has 3 saturated heterocycles. The first-order chi connectivity index (χ1) is 9.72. The Morgan fingerprint density at radius 2 is 2.20 bits per heavy atom. The number of likely N-dealkylation sites (tertiary alicyclic amines) is 1. The Balaban J connectivity index is 1.50. The lowest BCUT2D eigenvalue weighted by Crippen LogP contribution is -2.38. The molecule has 1 unspecified atom stereocenters. The SMILES string of the molecule is O=C(c1cccc(Br)c1)N1C[C@@H]2CC3CCCN3[C@@H]2C1. The van der Waals surface area contributed by atoms with E-state index in [-0.39, 0.29) is 5.91 Å². The summed E-state index contributed by atoms with van der Waals surface area (Å²) < 4.78 is 0.974. The van der Waals surface area contributed by atoms with Crippen molar-refractivity contribution in [2.75, 3.05) is 19.6 Å². The van der Waals surface area contributed by atoms with Crippen LogP contribution in [0.3, 0.4) is 0 Å². The number of benzene rings is 1. The van der Waals surface area contributed by atoms with Crippen molar-refractivity contribution in [2.45, 2.75) is 31.3 Å². The predicted molar refractivity (Wildman–Crippen MR) is 81.7 cm³/mol. The summed E-state index contributed by atoms with van der Waals surface area (Å²) in [4.78, 5) is 17.3. The van der Waals surface area contributed by atoms with E-state index >= 15 is 0 Å². The number of hydrogen-bond acceptors (Lipinski definition) is 2. The molecule has 0 aromatic heterocycles. The van der Waals surface area contributed by atoms with E-state index in [0.29, 0.717) is 12.0 Å². The monoisotopic (exact) mass is 334 g/mol. The third-order valence-electron chi connectivity index (χ3n) is 5.19. The zero-order valence-corrected chi connectivity index (χ0v) is 13.1. The molecule has 0 radical (unpaired) electrons. The lowest BCUT2D eigenvalue weighted by atomic mass is 10.0. The molecule has 3 nitrogen and oxygen atoms in total. The van der Waals surface area contributed by atoms with Crippen LogP contribution in [0.4, 0.5) is 0 Å². The van der Waals surface area contributed by atoms with Crippen LogP contribution >= 0.6 is 15.9 Å². The van der Waals surface area contributed by atoms with Gasteiger partial charge in [-0.1, -0.05) is 22.0 Å². The number of halogens is 1. The summed E-state index contributed by atoms with van der Waals surface area (Å²) in [5, 5.41) is 0. The first-order valence-corrected chi connectivity index (χ1v) is 8.32. The van der Waals surface area contributed by atoms with E-state index in [1.807, 2.05) is 24.3 Å². The van der Waals surface area contributed by atoms with Crippen LogP contribution in [0.25, 0.3) is 0 Å². The van der Waals surface area contributed by atoms with Gasteiger partial charge in [0, 0.05) is 35.2 Å². The van der Waals surface area contributed by atoms with E-state index in [1.165, 1.54) is 25.8 Å². The zero-order chi connectivity index (χ0) is 13.7. The van der Waals surface area contributed by atoms with Crippen molar-refractivity contribution in [3.8, 4) is 0 Å². The summed E-state index contributed by atoms with van der Waals surface area (Å²) in [5.41, 5.74) is 0.803. The van der Waals surface area contributed by atoms with Gasteiger partial charge in [0.15, 0.2) is 0 Å². The van der Waals surface area contributed by atoms with Crippen LogP contribution in [-0.2, 0) is 0 Å². The van der Waals surface area contributed by atoms with Crippen molar-refractivity contribution < 1.29 is 4.79 Å². The molecule has 3 heterocycles. The second-order valence-corrected chi connectivity index (χ2v) is 7.23. The molecule has 0 spiro atoms. The van der Waals surface area contributed by atoms with Gasteiger partial charge in [0.05, 0.1) is 0 Å². The van der Waals surface area contributed by atoms with E-state index in [2.05, 4.69) is 25.7 Å². The maximum atomic E-state index is 12.6. The summed E-state index contributed by atoms with van der Waals surface area (Å²) >= 11 is 3.45. The van der Waals surface area contributed by atoms with Crippen LogP contribution in [0, 0.1) is 5.92 Å². The fourth-order valence-corrected chi connectivity index (χ4v) is 4.73. The second-order valence-electron chi connectivity index (χ2n) is 6.32. The van der Waals surface area contributed by atoms with Crippen molar-refractivity contribution >= 4 is 21.8 Å². The number of fused-ring (bicyclic) bond motifs is 3. The normalized spacial score (nSPS) is 32.5. The molecule has 0 aliphatic carbocycles. The van der Waals surface area contributed by atoms with Gasteiger partial charge in [0.25, 0.3) is 5.91 Å². The maximum Gasteiger partial charge on any atom is 0.253 e. The highest BCUT2D eigenvalue weighted by molar-refractivity contribution is 9.10. The van der Waals surface area contributed by atoms with Gasteiger partial charge in [-0.3, -0.25) is 9.69 Å². The molecule has 3 atom stereocenters. The highest BCUT2D eigenvalue weighted by Gasteiger charge is 2.48. The van der Waals surface area contributed by atoms with Crippen LogP contribution in [-0.4, -0.2) is 47.4 Å². The molecular formula is C16H19BrN2O. The first-order valence-electron chi connectivity index (χ1n) is 7.53. The zero-order valence-electron chi connectivity index (χ0n) is 11.5. The van der Waals surface area contributed by atoms with Gasteiger partial charge < -0.3 is 4.90 Å². The predicted octanol–water partition coefficient (Wildman–Crippen LogP) is 2.76. The van der Waals surface area contributed by atoms with Crippen molar-refractivity contribution in [3.63, 3.8) is 0 Å². The second kappa shape index (κ2) is 4.85. The van der Waals surface area contributed by atoms with E-state index in [1.54, 1.807) is 0 Å². The summed E-state index contributed by atoms with van der Waals surface area (Å²) in [6, 6.07) is 9.18. The number of nitrogens with zero attached hydrogens (tertiary/aromatic N) is 2. The van der Waals surface area contributed by atoms with Gasteiger partial charge >= 0.3 is 0 Å². The molecular weight excluding hydrogens is 316 g/mol. The molecule has 0 saturated carbocycles. The van der Waals surface area contributed by atoms with Crippen LogP contribution in [0.15, 0.2) is 28.7 Å². The third kappa shape index (κ3) is 2.01. The molecule has 3 fully saturated rings. The molecule has 0 N–H and O–H groups in total. The Labute approximate surface area is 128 Å². The quantitative estimate of drug-likeness (QED) is 0.788. The molecule has 3 aliphatic heterocycles. The Bertz CT molecular complexity index is 547. The molecule has 3 aliphatic rings. The summed E-state index contributed by atoms with van der Waals surface area (Å²) in [5.74, 6) is 0.896. The van der Waals surface area contributed by atoms with Crippen LogP contribution in [0.5, 0.6) is 0 Å². The fraction of sp³-hybridized carbons (Fsp3) is 0.562. The molecule has 4 rings (SSSR count). The van der Waals surface area contributed by atoms with Crippen LogP contribution in [0.2, 0.25) is 0 Å². The summed E-state index contributed by atoms with van der Waals surface area (Å²) in [7, 11) is 0. The van der Waals surface area contributed by atoms with Crippen molar-refractivity contribution in [1.29, 1.82) is 0 Å². The van der Waals surface area contributed by atoms with Crippen molar-refractivity contribution in [3.05, 3.63) is 34.3 Å². The van der Waals surface area contributed by atoms with Gasteiger partial charge in [-0.05, 0) is 49.9 Å². The average Bonchev–Trinajstić information content (AvgIpc) is 3.08. The minimum Gasteiger partial charge on any atom is -0.337 e. The van der Waals surface area contributed by atoms with Gasteiger partial charge in [0.2, 0.25) is 0 Å².